The number of thiocarbonyl (C=S) groups is 1. The van der Waals surface area contributed by atoms with Crippen LogP contribution in [0.1, 0.15) is 51.0 Å². The van der Waals surface area contributed by atoms with Crippen molar-refractivity contribution in [3.63, 3.8) is 0 Å². The summed E-state index contributed by atoms with van der Waals surface area (Å²) in [7, 11) is 0. The Morgan fingerprint density at radius 1 is 1.44 bits per heavy atom. The summed E-state index contributed by atoms with van der Waals surface area (Å²) >= 11 is 5.22. The average Bonchev–Trinajstić information content (AvgIpc) is 2.61. The Kier molecular flexibility index (Phi) is 7.59. The minimum Gasteiger partial charge on any atom is -0.487 e. The lowest BCUT2D eigenvalue weighted by Crippen LogP contribution is -2.40. The van der Waals surface area contributed by atoms with Crippen LogP contribution < -0.4 is 15.5 Å². The highest BCUT2D eigenvalue weighted by Gasteiger charge is 2.16. The predicted molar refractivity (Wildman–Crippen MR) is 102 cm³/mol. The zero-order valence-corrected chi connectivity index (χ0v) is 15.2. The van der Waals surface area contributed by atoms with Crippen molar-refractivity contribution >= 4 is 29.2 Å². The van der Waals surface area contributed by atoms with Gasteiger partial charge in [-0.2, -0.15) is 5.10 Å². The Balaban J connectivity index is 1.92. The largest absolute Gasteiger partial charge is 0.487 e. The zero-order chi connectivity index (χ0) is 18.1. The smallest absolute Gasteiger partial charge is 0.311 e. The van der Waals surface area contributed by atoms with Gasteiger partial charge in [0.05, 0.1) is 17.7 Å². The fourth-order valence-corrected chi connectivity index (χ4v) is 2.94. The number of hydrazone groups is 1. The van der Waals surface area contributed by atoms with E-state index in [1.54, 1.807) is 12.1 Å². The lowest BCUT2D eigenvalue weighted by Gasteiger charge is -2.23. The maximum absolute atomic E-state index is 11.2. The minimum atomic E-state index is -0.453. The molecule has 25 heavy (non-hydrogen) atoms. The molecule has 2 N–H and O–H groups in total. The molecule has 1 fully saturated rings. The van der Waals surface area contributed by atoms with Gasteiger partial charge >= 0.3 is 5.69 Å². The third-order valence-corrected chi connectivity index (χ3v) is 4.17. The third-order valence-electron chi connectivity index (χ3n) is 3.96. The second kappa shape index (κ2) is 9.93. The summed E-state index contributed by atoms with van der Waals surface area (Å²) in [6, 6.07) is 5.16. The summed E-state index contributed by atoms with van der Waals surface area (Å²) in [5, 5.41) is 19.0. The maximum Gasteiger partial charge on any atom is 0.311 e. The van der Waals surface area contributed by atoms with Gasteiger partial charge in [0, 0.05) is 17.7 Å². The highest BCUT2D eigenvalue weighted by atomic mass is 32.1. The molecule has 0 atom stereocenters. The van der Waals surface area contributed by atoms with Gasteiger partial charge in [-0.25, -0.2) is 0 Å². The fraction of sp³-hybridized carbons (Fsp3) is 0.529. The summed E-state index contributed by atoms with van der Waals surface area (Å²) in [4.78, 5) is 10.7. The molecule has 2 rings (SSSR count). The monoisotopic (exact) mass is 364 g/mol. The highest BCUT2D eigenvalue weighted by Crippen LogP contribution is 2.27. The number of ether oxygens (including phenoxy) is 1. The molecule has 0 aliphatic heterocycles. The number of nitrogens with zero attached hydrogens (tertiary/aromatic N) is 2. The van der Waals surface area contributed by atoms with Crippen LogP contribution in [0, 0.1) is 10.1 Å². The Hall–Kier alpha value is -2.22. The number of nitro groups is 1. The molecule has 8 heteroatoms. The van der Waals surface area contributed by atoms with E-state index in [1.807, 2.05) is 6.92 Å². The van der Waals surface area contributed by atoms with Crippen LogP contribution in [-0.2, 0) is 0 Å². The van der Waals surface area contributed by atoms with Crippen molar-refractivity contribution in [1.82, 2.24) is 10.7 Å². The van der Waals surface area contributed by atoms with Crippen molar-refractivity contribution in [2.75, 3.05) is 6.61 Å². The van der Waals surface area contributed by atoms with Gasteiger partial charge in [0.15, 0.2) is 10.9 Å². The normalized spacial score (nSPS) is 15.1. The van der Waals surface area contributed by atoms with Gasteiger partial charge in [-0.3, -0.25) is 15.5 Å². The van der Waals surface area contributed by atoms with Gasteiger partial charge in [0.2, 0.25) is 0 Å². The Morgan fingerprint density at radius 3 is 2.88 bits per heavy atom. The highest BCUT2D eigenvalue weighted by molar-refractivity contribution is 7.80. The third kappa shape index (κ3) is 6.30. The van der Waals surface area contributed by atoms with E-state index in [0.29, 0.717) is 23.3 Å². The lowest BCUT2D eigenvalue weighted by molar-refractivity contribution is -0.385. The first kappa shape index (κ1) is 19.1. The van der Waals surface area contributed by atoms with Crippen molar-refractivity contribution < 1.29 is 9.66 Å². The van der Waals surface area contributed by atoms with Crippen LogP contribution in [0.5, 0.6) is 5.75 Å². The first-order valence-corrected chi connectivity index (χ1v) is 9.01. The standard InChI is InChI=1S/C17H24N4O3S/c1-2-10-24-16-9-8-13(11-15(16)21(22)23)12-18-20-17(25)19-14-6-4-3-5-7-14/h8-9,11-12,14H,2-7,10H2,1H3,(H2,19,20,25)/b18-12-. The molecule has 0 aromatic heterocycles. The first-order valence-electron chi connectivity index (χ1n) is 8.61. The molecule has 0 spiro atoms. The van der Waals surface area contributed by atoms with Crippen LogP contribution in [0.2, 0.25) is 0 Å². The van der Waals surface area contributed by atoms with Crippen LogP contribution in [0.15, 0.2) is 23.3 Å². The molecule has 0 unspecified atom stereocenters. The number of nitrogens with one attached hydrogen (secondary N) is 2. The Morgan fingerprint density at radius 2 is 2.20 bits per heavy atom. The van der Waals surface area contributed by atoms with Crippen molar-refractivity contribution in [2.45, 2.75) is 51.5 Å². The predicted octanol–water partition coefficient (Wildman–Crippen LogP) is 3.51. The molecule has 0 bridgehead atoms. The van der Waals surface area contributed by atoms with Crippen LogP contribution in [0.25, 0.3) is 0 Å². The van der Waals surface area contributed by atoms with E-state index < -0.39 is 4.92 Å². The van der Waals surface area contributed by atoms with E-state index in [1.165, 1.54) is 31.5 Å². The number of rotatable bonds is 7. The van der Waals surface area contributed by atoms with Crippen molar-refractivity contribution in [3.05, 3.63) is 33.9 Å². The lowest BCUT2D eigenvalue weighted by atomic mass is 9.96. The van der Waals surface area contributed by atoms with Crippen LogP contribution >= 0.6 is 12.2 Å². The second-order valence-electron chi connectivity index (χ2n) is 6.01. The second-order valence-corrected chi connectivity index (χ2v) is 6.42. The van der Waals surface area contributed by atoms with E-state index >= 15 is 0 Å². The molecule has 7 nitrogen and oxygen atoms in total. The van der Waals surface area contributed by atoms with E-state index in [9.17, 15) is 10.1 Å². The first-order chi connectivity index (χ1) is 12.1. The van der Waals surface area contributed by atoms with Crippen LogP contribution in [-0.4, -0.2) is 28.9 Å². The molecule has 0 radical (unpaired) electrons. The minimum absolute atomic E-state index is 0.0692. The molecule has 1 aliphatic carbocycles. The van der Waals surface area contributed by atoms with Gasteiger partial charge in [-0.1, -0.05) is 26.2 Å². The van der Waals surface area contributed by atoms with Crippen molar-refractivity contribution in [1.29, 1.82) is 0 Å². The zero-order valence-electron chi connectivity index (χ0n) is 14.4. The van der Waals surface area contributed by atoms with Crippen molar-refractivity contribution in [2.24, 2.45) is 5.10 Å². The molecule has 1 saturated carbocycles. The van der Waals surface area contributed by atoms with Gasteiger partial charge in [-0.15, -0.1) is 0 Å². The van der Waals surface area contributed by atoms with Crippen LogP contribution in [0.4, 0.5) is 5.69 Å². The number of benzene rings is 1. The molecule has 1 aliphatic rings. The van der Waals surface area contributed by atoms with Gasteiger partial charge in [-0.05, 0) is 43.6 Å². The van der Waals surface area contributed by atoms with Gasteiger partial charge < -0.3 is 10.1 Å². The number of hydrogen-bond donors (Lipinski definition) is 2. The molecule has 0 heterocycles. The number of nitro benzene ring substituents is 1. The molecule has 136 valence electrons. The summed E-state index contributed by atoms with van der Waals surface area (Å²) in [6.07, 6.45) is 8.27. The summed E-state index contributed by atoms with van der Waals surface area (Å²) in [5.74, 6) is 0.270. The Bertz CT molecular complexity index is 630. The molecular formula is C17H24N4O3S. The summed E-state index contributed by atoms with van der Waals surface area (Å²) in [5.41, 5.74) is 3.30. The van der Waals surface area contributed by atoms with E-state index in [-0.39, 0.29) is 11.4 Å². The molecule has 1 aromatic rings. The fourth-order valence-electron chi connectivity index (χ4n) is 2.72. The van der Waals surface area contributed by atoms with Crippen LogP contribution in [0.3, 0.4) is 0 Å². The van der Waals surface area contributed by atoms with Crippen molar-refractivity contribution in [3.8, 4) is 5.75 Å². The molecule has 0 amide bonds. The topological polar surface area (TPSA) is 88.8 Å². The molecule has 0 saturated heterocycles. The quantitative estimate of drug-likeness (QED) is 0.333. The summed E-state index contributed by atoms with van der Waals surface area (Å²) < 4.78 is 5.40. The van der Waals surface area contributed by atoms with E-state index in [0.717, 1.165) is 19.3 Å². The molecule has 1 aromatic carbocycles. The maximum atomic E-state index is 11.2. The molecular weight excluding hydrogens is 340 g/mol. The van der Waals surface area contributed by atoms with Gasteiger partial charge in [0.1, 0.15) is 0 Å². The van der Waals surface area contributed by atoms with E-state index in [2.05, 4.69) is 15.8 Å². The number of hydrogen-bond acceptors (Lipinski definition) is 5. The summed E-state index contributed by atoms with van der Waals surface area (Å²) in [6.45, 7) is 2.39. The SMILES string of the molecule is CCCOc1ccc(/C=N\NC(=S)NC2CCCCC2)cc1[N+](=O)[O-]. The average molecular weight is 364 g/mol. The van der Waals surface area contributed by atoms with Gasteiger partial charge in [0.25, 0.3) is 0 Å². The Labute approximate surface area is 153 Å². The van der Waals surface area contributed by atoms with E-state index in [4.69, 9.17) is 17.0 Å².